The highest BCUT2D eigenvalue weighted by molar-refractivity contribution is 5.85. The summed E-state index contributed by atoms with van der Waals surface area (Å²) in [5.41, 5.74) is 2.39. The van der Waals surface area contributed by atoms with Crippen molar-refractivity contribution in [3.05, 3.63) is 77.9 Å². The molecule has 5 nitrogen and oxygen atoms in total. The second kappa shape index (κ2) is 10.9. The molecule has 0 radical (unpaired) electrons. The fourth-order valence-corrected chi connectivity index (χ4v) is 4.51. The van der Waals surface area contributed by atoms with E-state index in [-0.39, 0.29) is 6.61 Å². The molecule has 5 heteroatoms. The molecule has 1 heterocycles. The van der Waals surface area contributed by atoms with Gasteiger partial charge in [0.25, 0.3) is 0 Å². The number of rotatable bonds is 3. The number of aryl methyl sites for hydroxylation is 1. The number of para-hydroxylation sites is 1. The van der Waals surface area contributed by atoms with Crippen LogP contribution >= 0.6 is 0 Å². The van der Waals surface area contributed by atoms with Gasteiger partial charge < -0.3 is 19.7 Å². The summed E-state index contributed by atoms with van der Waals surface area (Å²) in [6, 6.07) is 22.8. The Morgan fingerprint density at radius 3 is 2.62 bits per heavy atom. The zero-order valence-corrected chi connectivity index (χ0v) is 18.7. The Hall–Kier alpha value is -2.44. The van der Waals surface area contributed by atoms with E-state index in [4.69, 9.17) is 9.47 Å². The van der Waals surface area contributed by atoms with Crippen molar-refractivity contribution in [2.75, 3.05) is 26.8 Å². The van der Waals surface area contributed by atoms with Gasteiger partial charge in [0.05, 0.1) is 6.10 Å². The van der Waals surface area contributed by atoms with Crippen molar-refractivity contribution in [2.24, 2.45) is 0 Å². The number of aliphatic hydroxyl groups is 2. The normalized spacial score (nSPS) is 23.4. The van der Waals surface area contributed by atoms with Crippen LogP contribution in [-0.4, -0.2) is 60.2 Å². The lowest BCUT2D eigenvalue weighted by atomic mass is 10.0. The zero-order chi connectivity index (χ0) is 22.3. The maximum absolute atomic E-state index is 10.8. The van der Waals surface area contributed by atoms with Crippen LogP contribution in [0.5, 0.6) is 5.75 Å². The van der Waals surface area contributed by atoms with Gasteiger partial charge in [-0.2, -0.15) is 0 Å². The first kappa shape index (κ1) is 22.7. The van der Waals surface area contributed by atoms with E-state index < -0.39 is 18.3 Å². The number of benzene rings is 3. The smallest absolute Gasteiger partial charge is 0.122 e. The van der Waals surface area contributed by atoms with Crippen molar-refractivity contribution in [2.45, 2.75) is 44.1 Å². The lowest BCUT2D eigenvalue weighted by Gasteiger charge is -2.31. The molecule has 3 aromatic carbocycles. The fourth-order valence-electron chi connectivity index (χ4n) is 4.51. The van der Waals surface area contributed by atoms with Crippen molar-refractivity contribution < 1.29 is 19.7 Å². The maximum Gasteiger partial charge on any atom is 0.122 e. The van der Waals surface area contributed by atoms with Crippen LogP contribution in [0.4, 0.5) is 0 Å². The van der Waals surface area contributed by atoms with Gasteiger partial charge in [0.1, 0.15) is 24.6 Å². The minimum Gasteiger partial charge on any atom is -0.491 e. The SMILES string of the molecule is CO[C@H]1CN(Cc2cccc3ccccc23)CCCCc2ccccc2OC[C@@H](O)[C@H]1O. The summed E-state index contributed by atoms with van der Waals surface area (Å²) in [5.74, 6) is 0.777. The van der Waals surface area contributed by atoms with Crippen LogP contribution in [0, 0.1) is 0 Å². The average Bonchev–Trinajstić information content (AvgIpc) is 2.84. The van der Waals surface area contributed by atoms with Gasteiger partial charge in [-0.05, 0) is 53.8 Å². The summed E-state index contributed by atoms with van der Waals surface area (Å²) < 4.78 is 11.5. The topological polar surface area (TPSA) is 62.2 Å². The molecule has 0 amide bonds. The number of fused-ring (bicyclic) bond motifs is 2. The Balaban J connectivity index is 1.57. The van der Waals surface area contributed by atoms with Gasteiger partial charge >= 0.3 is 0 Å². The molecular weight excluding hydrogens is 402 g/mol. The zero-order valence-electron chi connectivity index (χ0n) is 18.7. The van der Waals surface area contributed by atoms with Crippen LogP contribution in [0.25, 0.3) is 10.8 Å². The monoisotopic (exact) mass is 435 g/mol. The number of ether oxygens (including phenoxy) is 2. The van der Waals surface area contributed by atoms with Crippen LogP contribution in [0.3, 0.4) is 0 Å². The van der Waals surface area contributed by atoms with Crippen molar-refractivity contribution in [3.63, 3.8) is 0 Å². The highest BCUT2D eigenvalue weighted by Gasteiger charge is 2.29. The van der Waals surface area contributed by atoms with E-state index in [2.05, 4.69) is 53.4 Å². The third-order valence-corrected chi connectivity index (χ3v) is 6.34. The van der Waals surface area contributed by atoms with E-state index in [1.165, 1.54) is 16.3 Å². The largest absolute Gasteiger partial charge is 0.491 e. The summed E-state index contributed by atoms with van der Waals surface area (Å²) >= 11 is 0. The molecule has 0 saturated carbocycles. The molecule has 0 fully saturated rings. The van der Waals surface area contributed by atoms with Crippen molar-refractivity contribution in [1.82, 2.24) is 4.90 Å². The molecular formula is C27H33NO4. The first-order chi connectivity index (χ1) is 15.7. The van der Waals surface area contributed by atoms with Crippen molar-refractivity contribution in [3.8, 4) is 5.75 Å². The molecule has 4 rings (SSSR count). The minimum atomic E-state index is -1.04. The van der Waals surface area contributed by atoms with Gasteiger partial charge in [-0.3, -0.25) is 4.90 Å². The predicted molar refractivity (Wildman–Crippen MR) is 127 cm³/mol. The van der Waals surface area contributed by atoms with E-state index in [0.29, 0.717) is 6.54 Å². The number of hydrogen-bond donors (Lipinski definition) is 2. The summed E-state index contributed by atoms with van der Waals surface area (Å²) in [6.07, 6.45) is 0.393. The van der Waals surface area contributed by atoms with Gasteiger partial charge in [0.15, 0.2) is 0 Å². The number of nitrogens with zero attached hydrogens (tertiary/aromatic N) is 1. The molecule has 1 aliphatic rings. The second-order valence-electron chi connectivity index (χ2n) is 8.58. The highest BCUT2D eigenvalue weighted by Crippen LogP contribution is 2.24. The molecule has 0 spiro atoms. The molecule has 0 aromatic heterocycles. The first-order valence-electron chi connectivity index (χ1n) is 11.4. The summed E-state index contributed by atoms with van der Waals surface area (Å²) in [5, 5.41) is 23.9. The Morgan fingerprint density at radius 2 is 1.75 bits per heavy atom. The van der Waals surface area contributed by atoms with E-state index in [1.54, 1.807) is 7.11 Å². The van der Waals surface area contributed by atoms with Crippen LogP contribution in [0.15, 0.2) is 66.7 Å². The van der Waals surface area contributed by atoms with Crippen LogP contribution in [0.1, 0.15) is 24.0 Å². The van der Waals surface area contributed by atoms with Crippen molar-refractivity contribution in [1.29, 1.82) is 0 Å². The van der Waals surface area contributed by atoms with Crippen LogP contribution in [-0.2, 0) is 17.7 Å². The number of methoxy groups -OCH3 is 1. The van der Waals surface area contributed by atoms with Gasteiger partial charge in [-0.1, -0.05) is 60.7 Å². The van der Waals surface area contributed by atoms with E-state index in [0.717, 1.165) is 43.7 Å². The molecule has 0 saturated heterocycles. The quantitative estimate of drug-likeness (QED) is 0.655. The second-order valence-corrected chi connectivity index (χ2v) is 8.58. The molecule has 0 aliphatic carbocycles. The average molecular weight is 436 g/mol. The standard InChI is InChI=1S/C27H33NO4/c1-31-26-18-28(17-22-13-8-12-20-9-2-4-14-23(20)22)16-7-6-11-21-10-3-5-15-25(21)32-19-24(29)27(26)30/h2-5,8-10,12-15,24,26-27,29-30H,6-7,11,16-19H2,1H3/t24-,26+,27-/m1/s1. The summed E-state index contributed by atoms with van der Waals surface area (Å²) in [4.78, 5) is 2.33. The molecule has 1 aliphatic heterocycles. The number of aliphatic hydroxyl groups excluding tert-OH is 2. The molecule has 32 heavy (non-hydrogen) atoms. The highest BCUT2D eigenvalue weighted by atomic mass is 16.5. The lowest BCUT2D eigenvalue weighted by Crippen LogP contribution is -2.47. The third kappa shape index (κ3) is 5.48. The van der Waals surface area contributed by atoms with E-state index >= 15 is 0 Å². The maximum atomic E-state index is 10.8. The minimum absolute atomic E-state index is 0.0291. The molecule has 3 aromatic rings. The van der Waals surface area contributed by atoms with Crippen LogP contribution < -0.4 is 4.74 Å². The van der Waals surface area contributed by atoms with Crippen LogP contribution in [0.2, 0.25) is 0 Å². The Morgan fingerprint density at radius 1 is 0.969 bits per heavy atom. The summed E-state index contributed by atoms with van der Waals surface area (Å²) in [7, 11) is 1.59. The predicted octanol–water partition coefficient (Wildman–Crippen LogP) is 3.79. The Kier molecular flexibility index (Phi) is 7.76. The lowest BCUT2D eigenvalue weighted by molar-refractivity contribution is -0.0955. The molecule has 2 N–H and O–H groups in total. The Labute approximate surface area is 190 Å². The van der Waals surface area contributed by atoms with E-state index in [1.807, 2.05) is 18.2 Å². The van der Waals surface area contributed by atoms with Gasteiger partial charge in [-0.15, -0.1) is 0 Å². The molecule has 170 valence electrons. The van der Waals surface area contributed by atoms with E-state index in [9.17, 15) is 10.2 Å². The third-order valence-electron chi connectivity index (χ3n) is 6.34. The molecule has 0 unspecified atom stereocenters. The Bertz CT molecular complexity index is 1000. The van der Waals surface area contributed by atoms with Gasteiger partial charge in [0.2, 0.25) is 0 Å². The number of hydrogen-bond acceptors (Lipinski definition) is 5. The van der Waals surface area contributed by atoms with Gasteiger partial charge in [0, 0.05) is 20.2 Å². The van der Waals surface area contributed by atoms with Crippen molar-refractivity contribution >= 4 is 10.8 Å². The summed E-state index contributed by atoms with van der Waals surface area (Å²) in [6.45, 7) is 2.21. The molecule has 3 atom stereocenters. The molecule has 0 bridgehead atoms. The first-order valence-corrected chi connectivity index (χ1v) is 11.4. The van der Waals surface area contributed by atoms with Gasteiger partial charge in [-0.25, -0.2) is 0 Å². The fraction of sp³-hybridized carbons (Fsp3) is 0.407.